The molecule has 4 heterocycles. The lowest BCUT2D eigenvalue weighted by Gasteiger charge is -2.31. The number of aromatic nitrogens is 1. The molecule has 0 saturated carbocycles. The Balaban J connectivity index is 1.50. The van der Waals surface area contributed by atoms with E-state index < -0.39 is 120 Å². The van der Waals surface area contributed by atoms with Gasteiger partial charge in [-0.3, -0.25) is 33.7 Å². The number of para-hydroxylation sites is 1. The number of amides is 6. The molecule has 1 aromatic carbocycles. The fourth-order valence-corrected chi connectivity index (χ4v) is 7.70. The van der Waals surface area contributed by atoms with Crippen LogP contribution in [0.4, 0.5) is 0 Å². The maximum absolute atomic E-state index is 14.1. The Morgan fingerprint density at radius 2 is 1.49 bits per heavy atom. The number of thiol groups is 1. The van der Waals surface area contributed by atoms with Gasteiger partial charge in [0.15, 0.2) is 5.72 Å². The molecule has 19 nitrogen and oxygen atoms in total. The monoisotopic (exact) mass is 790 g/mol. The number of H-pyrrole nitrogens is 1. The highest BCUT2D eigenvalue weighted by Gasteiger charge is 2.75. The van der Waals surface area contributed by atoms with E-state index in [2.05, 4.69) is 49.5 Å². The molecule has 12 N–H and O–H groups in total. The van der Waals surface area contributed by atoms with Crippen molar-refractivity contribution in [3.05, 3.63) is 36.0 Å². The van der Waals surface area contributed by atoms with Crippen molar-refractivity contribution in [2.45, 2.75) is 119 Å². The van der Waals surface area contributed by atoms with Crippen LogP contribution in [0.3, 0.4) is 0 Å². The first-order chi connectivity index (χ1) is 25.8. The second-order valence-corrected chi connectivity index (χ2v) is 15.3. The zero-order valence-electron chi connectivity index (χ0n) is 30.8. The third-order valence-corrected chi connectivity index (χ3v) is 10.8. The minimum Gasteiger partial charge on any atom is -0.393 e. The topological polar surface area (TPSA) is 295 Å². The number of rotatable bonds is 7. The predicted octanol–water partition coefficient (Wildman–Crippen LogP) is -4.38. The molecule has 3 aliphatic rings. The lowest BCUT2D eigenvalue weighted by molar-refractivity contribution is -0.136. The fourth-order valence-electron chi connectivity index (χ4n) is 7.34. The van der Waals surface area contributed by atoms with Gasteiger partial charge in [-0.2, -0.15) is 12.6 Å². The van der Waals surface area contributed by atoms with Gasteiger partial charge in [0.05, 0.1) is 42.5 Å². The third-order valence-electron chi connectivity index (χ3n) is 10.5. The number of nitrogens with zero attached hydrogens (tertiary/aromatic N) is 1. The number of carbonyl (C=O) groups excluding carboxylic acids is 6. The average Bonchev–Trinajstić information content (AvgIpc) is 3.36. The van der Waals surface area contributed by atoms with E-state index >= 15 is 0 Å². The Morgan fingerprint density at radius 1 is 0.891 bits per heavy atom. The summed E-state index contributed by atoms with van der Waals surface area (Å²) < 4.78 is 0. The quantitative estimate of drug-likeness (QED) is 0.0936. The summed E-state index contributed by atoms with van der Waals surface area (Å²) in [5, 5.41) is 69.4. The average molecular weight is 791 g/mol. The van der Waals surface area contributed by atoms with Gasteiger partial charge in [0.1, 0.15) is 30.2 Å². The van der Waals surface area contributed by atoms with Crippen LogP contribution in [-0.4, -0.2) is 155 Å². The lowest BCUT2D eigenvalue weighted by Crippen LogP contribution is -2.62. The zero-order chi connectivity index (χ0) is 40.6. The number of hydrogen-bond donors (Lipinski definition) is 13. The van der Waals surface area contributed by atoms with Crippen LogP contribution in [-0.2, 0) is 35.2 Å². The second kappa shape index (κ2) is 16.4. The van der Waals surface area contributed by atoms with Gasteiger partial charge in [0.25, 0.3) is 0 Å². The molecule has 302 valence electrons. The molecule has 0 spiro atoms. The Hall–Kier alpha value is -4.31. The van der Waals surface area contributed by atoms with Crippen LogP contribution >= 0.6 is 12.6 Å². The zero-order valence-corrected chi connectivity index (χ0v) is 31.7. The van der Waals surface area contributed by atoms with E-state index in [0.29, 0.717) is 5.56 Å². The van der Waals surface area contributed by atoms with Gasteiger partial charge in [-0.1, -0.05) is 18.2 Å². The Kier molecular flexibility index (Phi) is 12.5. The summed E-state index contributed by atoms with van der Waals surface area (Å²) in [6.07, 6.45) is -1.80. The first-order valence-electron chi connectivity index (χ1n) is 18.0. The summed E-state index contributed by atoms with van der Waals surface area (Å²) in [7, 11) is 0. The molecular formula is C35H50N8O11S. The minimum atomic E-state index is -1.97. The largest absolute Gasteiger partial charge is 0.393 e. The van der Waals surface area contributed by atoms with Crippen LogP contribution in [0.1, 0.15) is 46.1 Å². The number of benzene rings is 1. The molecule has 0 aliphatic carbocycles. The van der Waals surface area contributed by atoms with Gasteiger partial charge in [-0.25, -0.2) is 0 Å². The van der Waals surface area contributed by atoms with Crippen molar-refractivity contribution >= 4 is 59.0 Å². The molecule has 20 heteroatoms. The molecule has 5 rings (SSSR count). The number of fused-ring (bicyclic) bond motifs is 2. The Bertz CT molecular complexity index is 1810. The third kappa shape index (κ3) is 8.74. The first-order valence-corrected chi connectivity index (χ1v) is 18.6. The summed E-state index contributed by atoms with van der Waals surface area (Å²) in [6, 6.07) is -3.35. The van der Waals surface area contributed by atoms with Gasteiger partial charge in [0, 0.05) is 35.7 Å². The maximum atomic E-state index is 14.1. The van der Waals surface area contributed by atoms with E-state index in [1.807, 2.05) is 12.1 Å². The molecule has 6 amide bonds. The summed E-state index contributed by atoms with van der Waals surface area (Å²) in [4.78, 5) is 86.2. The smallest absolute Gasteiger partial charge is 0.245 e. The number of aliphatic hydroxyl groups is 5. The summed E-state index contributed by atoms with van der Waals surface area (Å²) in [5.74, 6) is -5.46. The van der Waals surface area contributed by atoms with E-state index in [-0.39, 0.29) is 18.6 Å². The van der Waals surface area contributed by atoms with E-state index in [0.717, 1.165) is 10.9 Å². The van der Waals surface area contributed by atoms with E-state index in [4.69, 9.17) is 0 Å². The highest BCUT2D eigenvalue weighted by atomic mass is 32.1. The van der Waals surface area contributed by atoms with Crippen molar-refractivity contribution in [3.8, 4) is 0 Å². The standard InChI is InChI=1S/C35H50N8O11S/c1-15-28(47)39-21(9-18-12-36-20-8-6-5-7-19(18)20)30(49)40-22(11-34(4,53)14-44)31(50)37-16(2)29(48)42-26(17(3)45)33(52)41-25(13-55)35(54)27-24(46)10-23(43(27)35)32(51)38-15/h5-8,12,15-17,21-27,36,44-46,53-55H,9-11,13-14H2,1-4H3,(H,37,50)(H,38,51)(H,39,47)(H,40,49)(H,41,52)(H,42,48)/t15-,16-,17-,21-,22-,23-,24+,25-,26-,27+,34-,35-,43?/m0/s1. The van der Waals surface area contributed by atoms with Gasteiger partial charge in [0.2, 0.25) is 35.4 Å². The van der Waals surface area contributed by atoms with Crippen LogP contribution in [0.2, 0.25) is 0 Å². The van der Waals surface area contributed by atoms with Crippen molar-refractivity contribution < 1.29 is 54.3 Å². The van der Waals surface area contributed by atoms with Gasteiger partial charge >= 0.3 is 0 Å². The predicted molar refractivity (Wildman–Crippen MR) is 198 cm³/mol. The van der Waals surface area contributed by atoms with Crippen molar-refractivity contribution in [2.75, 3.05) is 12.4 Å². The second-order valence-electron chi connectivity index (χ2n) is 14.9. The van der Waals surface area contributed by atoms with Crippen LogP contribution < -0.4 is 31.9 Å². The molecule has 0 radical (unpaired) electrons. The molecule has 3 saturated heterocycles. The maximum Gasteiger partial charge on any atom is 0.245 e. The van der Waals surface area contributed by atoms with Crippen LogP contribution in [0.25, 0.3) is 10.9 Å². The lowest BCUT2D eigenvalue weighted by atomic mass is 9.96. The van der Waals surface area contributed by atoms with Crippen molar-refractivity contribution in [2.24, 2.45) is 0 Å². The van der Waals surface area contributed by atoms with Gasteiger partial charge in [-0.05, 0) is 45.7 Å². The van der Waals surface area contributed by atoms with E-state index in [1.54, 1.807) is 18.3 Å². The molecular weight excluding hydrogens is 740 g/mol. The Morgan fingerprint density at radius 3 is 2.13 bits per heavy atom. The highest BCUT2D eigenvalue weighted by molar-refractivity contribution is 7.80. The molecule has 1 aromatic heterocycles. The Labute approximate surface area is 321 Å². The fraction of sp³-hybridized carbons (Fsp3) is 0.600. The van der Waals surface area contributed by atoms with Gasteiger partial charge < -0.3 is 62.4 Å². The molecule has 2 aromatic rings. The molecule has 1 unspecified atom stereocenters. The number of aliphatic hydroxyl groups excluding tert-OH is 3. The number of piperidine rings is 1. The summed E-state index contributed by atoms with van der Waals surface area (Å²) in [6.45, 7) is 4.29. The molecule has 55 heavy (non-hydrogen) atoms. The summed E-state index contributed by atoms with van der Waals surface area (Å²) >= 11 is 4.27. The normalized spacial score (nSPS) is 35.5. The minimum absolute atomic E-state index is 0.101. The van der Waals surface area contributed by atoms with Crippen molar-refractivity contribution in [1.82, 2.24) is 41.8 Å². The van der Waals surface area contributed by atoms with Crippen molar-refractivity contribution in [3.63, 3.8) is 0 Å². The first kappa shape index (κ1) is 41.8. The van der Waals surface area contributed by atoms with E-state index in [1.165, 1.54) is 32.6 Å². The molecule has 13 atom stereocenters. The molecule has 0 bridgehead atoms. The highest BCUT2D eigenvalue weighted by Crippen LogP contribution is 2.52. The molecule has 3 fully saturated rings. The van der Waals surface area contributed by atoms with Gasteiger partial charge in [-0.15, -0.1) is 0 Å². The summed E-state index contributed by atoms with van der Waals surface area (Å²) in [5.41, 5.74) is -2.50. The van der Waals surface area contributed by atoms with Crippen LogP contribution in [0.5, 0.6) is 0 Å². The van der Waals surface area contributed by atoms with E-state index in [9.17, 15) is 54.3 Å². The van der Waals surface area contributed by atoms with Crippen LogP contribution in [0, 0.1) is 0 Å². The number of aromatic amines is 1. The molecule has 3 aliphatic heterocycles. The number of hydrogen-bond acceptors (Lipinski definition) is 13. The van der Waals surface area contributed by atoms with Crippen LogP contribution in [0.15, 0.2) is 30.5 Å². The SMILES string of the molecule is C[C@@H]1NC(=O)[C@H](C[C@](C)(O)CO)NC(=O)[C@H](Cc2c[nH]c3ccccc23)NC(=O)[C@H](C)NC(=O)[C@@H]2C[C@@H](O)[C@H]3N2[C@]3(O)[C@H](CS)NC(=O)[C@H]([C@H](C)O)NC1=O. The van der Waals surface area contributed by atoms with Crippen molar-refractivity contribution in [1.29, 1.82) is 0 Å². The number of carbonyl (C=O) groups is 6. The number of nitrogens with one attached hydrogen (secondary N) is 7.